The number of fused-ring (bicyclic) bond motifs is 1. The molecule has 3 heterocycles. The van der Waals surface area contributed by atoms with Gasteiger partial charge in [0.15, 0.2) is 22.3 Å². The molecule has 0 radical (unpaired) electrons. The number of carbonyl (C=O) groups is 1. The quantitative estimate of drug-likeness (QED) is 0.713. The number of alkyl halides is 3. The van der Waals surface area contributed by atoms with Gasteiger partial charge in [-0.3, -0.25) is 9.48 Å². The van der Waals surface area contributed by atoms with Crippen molar-refractivity contribution in [3.63, 3.8) is 0 Å². The summed E-state index contributed by atoms with van der Waals surface area (Å²) in [6.07, 6.45) is -3.44. The van der Waals surface area contributed by atoms with E-state index in [1.54, 1.807) is 17.5 Å². The van der Waals surface area contributed by atoms with E-state index < -0.39 is 17.8 Å². The summed E-state index contributed by atoms with van der Waals surface area (Å²) in [4.78, 5) is 16.4. The molecule has 1 N–H and O–H groups in total. The lowest BCUT2D eigenvalue weighted by Gasteiger charge is -2.18. The molecule has 0 saturated carbocycles. The summed E-state index contributed by atoms with van der Waals surface area (Å²) < 4.78 is 49.6. The first-order chi connectivity index (χ1) is 13.4. The Balaban J connectivity index is 1.42. The number of anilines is 1. The third kappa shape index (κ3) is 3.93. The minimum atomic E-state index is -4.55. The molecular weight excluding hydrogens is 397 g/mol. The first kappa shape index (κ1) is 18.3. The lowest BCUT2D eigenvalue weighted by atomic mass is 10.1. The van der Waals surface area contributed by atoms with E-state index in [1.165, 1.54) is 11.3 Å². The average Bonchev–Trinajstić information content (AvgIpc) is 3.31. The highest BCUT2D eigenvalue weighted by Gasteiger charge is 2.33. The summed E-state index contributed by atoms with van der Waals surface area (Å²) in [5.41, 5.74) is 0.383. The summed E-state index contributed by atoms with van der Waals surface area (Å²) in [6, 6.07) is 6.24. The fourth-order valence-electron chi connectivity index (χ4n) is 2.57. The highest BCUT2D eigenvalue weighted by atomic mass is 32.1. The second-order valence-corrected chi connectivity index (χ2v) is 6.70. The SMILES string of the molecule is O=C(Cn1ccc(C(F)(F)F)n1)Nc1nc(-c2ccc3c(c2)OCCO3)cs1. The molecule has 28 heavy (non-hydrogen) atoms. The van der Waals surface area contributed by atoms with E-state index in [0.717, 1.165) is 22.5 Å². The number of rotatable bonds is 4. The summed E-state index contributed by atoms with van der Waals surface area (Å²) in [7, 11) is 0. The number of aromatic nitrogens is 3. The molecular formula is C17H13F3N4O3S. The van der Waals surface area contributed by atoms with Crippen molar-refractivity contribution in [3.05, 3.63) is 41.5 Å². The zero-order valence-electron chi connectivity index (χ0n) is 14.2. The van der Waals surface area contributed by atoms with Crippen LogP contribution >= 0.6 is 11.3 Å². The second-order valence-electron chi connectivity index (χ2n) is 5.84. The van der Waals surface area contributed by atoms with Crippen LogP contribution in [0.1, 0.15) is 5.69 Å². The molecule has 1 aromatic carbocycles. The maximum Gasteiger partial charge on any atom is 0.435 e. The van der Waals surface area contributed by atoms with Crippen LogP contribution in [0.25, 0.3) is 11.3 Å². The molecule has 0 aliphatic carbocycles. The standard InChI is InChI=1S/C17H13F3N4O3S/c18-17(19,20)14-3-4-24(23-14)8-15(25)22-16-21-11(9-28-16)10-1-2-12-13(7-10)27-6-5-26-12/h1-4,7,9H,5-6,8H2,(H,21,22,25). The van der Waals surface area contributed by atoms with Crippen LogP contribution in [-0.2, 0) is 17.5 Å². The Hall–Kier alpha value is -3.08. The van der Waals surface area contributed by atoms with Gasteiger partial charge in [0.1, 0.15) is 19.8 Å². The summed E-state index contributed by atoms with van der Waals surface area (Å²) in [5.74, 6) is 0.762. The molecule has 11 heteroatoms. The van der Waals surface area contributed by atoms with E-state index in [9.17, 15) is 18.0 Å². The van der Waals surface area contributed by atoms with Crippen molar-refractivity contribution in [1.29, 1.82) is 0 Å². The first-order valence-electron chi connectivity index (χ1n) is 8.14. The third-order valence-electron chi connectivity index (χ3n) is 3.83. The monoisotopic (exact) mass is 410 g/mol. The maximum absolute atomic E-state index is 12.6. The molecule has 0 spiro atoms. The van der Waals surface area contributed by atoms with E-state index in [2.05, 4.69) is 15.4 Å². The van der Waals surface area contributed by atoms with Gasteiger partial charge >= 0.3 is 6.18 Å². The molecule has 0 bridgehead atoms. The molecule has 2 aromatic heterocycles. The van der Waals surface area contributed by atoms with Crippen molar-refractivity contribution >= 4 is 22.4 Å². The van der Waals surface area contributed by atoms with Crippen molar-refractivity contribution in [3.8, 4) is 22.8 Å². The molecule has 146 valence electrons. The summed E-state index contributed by atoms with van der Waals surface area (Å²) in [6.45, 7) is 0.618. The number of hydrogen-bond acceptors (Lipinski definition) is 6. The van der Waals surface area contributed by atoms with Crippen molar-refractivity contribution in [2.24, 2.45) is 0 Å². The van der Waals surface area contributed by atoms with Gasteiger partial charge in [-0.25, -0.2) is 4.98 Å². The minimum Gasteiger partial charge on any atom is -0.486 e. The summed E-state index contributed by atoms with van der Waals surface area (Å²) >= 11 is 1.21. The van der Waals surface area contributed by atoms with Crippen molar-refractivity contribution in [2.45, 2.75) is 12.7 Å². The average molecular weight is 410 g/mol. The van der Waals surface area contributed by atoms with E-state index in [1.807, 2.05) is 6.07 Å². The molecule has 0 saturated heterocycles. The van der Waals surface area contributed by atoms with Gasteiger partial charge in [0.2, 0.25) is 5.91 Å². The zero-order valence-corrected chi connectivity index (χ0v) is 15.0. The van der Waals surface area contributed by atoms with Gasteiger partial charge in [-0.1, -0.05) is 0 Å². The molecule has 0 unspecified atom stereocenters. The molecule has 0 fully saturated rings. The lowest BCUT2D eigenvalue weighted by molar-refractivity contribution is -0.141. The zero-order chi connectivity index (χ0) is 19.7. The molecule has 1 amide bonds. The van der Waals surface area contributed by atoms with Gasteiger partial charge < -0.3 is 14.8 Å². The van der Waals surface area contributed by atoms with Gasteiger partial charge in [0.25, 0.3) is 0 Å². The molecule has 7 nitrogen and oxygen atoms in total. The number of hydrogen-bond donors (Lipinski definition) is 1. The van der Waals surface area contributed by atoms with Crippen molar-refractivity contribution in [1.82, 2.24) is 14.8 Å². The topological polar surface area (TPSA) is 78.3 Å². The van der Waals surface area contributed by atoms with Crippen LogP contribution in [0.5, 0.6) is 11.5 Å². The minimum absolute atomic E-state index is 0.332. The Bertz CT molecular complexity index is 1020. The highest BCUT2D eigenvalue weighted by molar-refractivity contribution is 7.14. The maximum atomic E-state index is 12.6. The summed E-state index contributed by atoms with van der Waals surface area (Å²) in [5, 5.41) is 8.00. The Morgan fingerprint density at radius 3 is 2.75 bits per heavy atom. The number of thiazole rings is 1. The molecule has 1 aliphatic heterocycles. The number of nitrogens with zero attached hydrogens (tertiary/aromatic N) is 3. The van der Waals surface area contributed by atoms with Crippen molar-refractivity contribution in [2.75, 3.05) is 18.5 Å². The Kier molecular flexibility index (Phi) is 4.67. The van der Waals surface area contributed by atoms with E-state index in [4.69, 9.17) is 9.47 Å². The number of nitrogens with one attached hydrogen (secondary N) is 1. The highest BCUT2D eigenvalue weighted by Crippen LogP contribution is 2.35. The predicted molar refractivity (Wildman–Crippen MR) is 94.4 cm³/mol. The smallest absolute Gasteiger partial charge is 0.435 e. The lowest BCUT2D eigenvalue weighted by Crippen LogP contribution is -2.19. The third-order valence-corrected chi connectivity index (χ3v) is 4.58. The van der Waals surface area contributed by atoms with Gasteiger partial charge in [-0.2, -0.15) is 18.3 Å². The number of carbonyl (C=O) groups excluding carboxylic acids is 1. The van der Waals surface area contributed by atoms with E-state index in [0.29, 0.717) is 35.5 Å². The largest absolute Gasteiger partial charge is 0.486 e. The van der Waals surface area contributed by atoms with Crippen LogP contribution in [0.15, 0.2) is 35.8 Å². The number of ether oxygens (including phenoxy) is 2. The normalized spacial score (nSPS) is 13.4. The van der Waals surface area contributed by atoms with E-state index >= 15 is 0 Å². The van der Waals surface area contributed by atoms with Crippen LogP contribution in [0.2, 0.25) is 0 Å². The van der Waals surface area contributed by atoms with Crippen LogP contribution in [0.3, 0.4) is 0 Å². The molecule has 4 rings (SSSR count). The number of amides is 1. The number of benzene rings is 1. The molecule has 0 atom stereocenters. The number of halogens is 3. The fraction of sp³-hybridized carbons (Fsp3) is 0.235. The Labute approximate surface area is 160 Å². The molecule has 1 aliphatic rings. The van der Waals surface area contributed by atoms with Gasteiger partial charge in [-0.15, -0.1) is 11.3 Å². The van der Waals surface area contributed by atoms with Crippen LogP contribution in [0, 0.1) is 0 Å². The Morgan fingerprint density at radius 2 is 2.00 bits per heavy atom. The van der Waals surface area contributed by atoms with Gasteiger partial charge in [-0.05, 0) is 24.3 Å². The van der Waals surface area contributed by atoms with Crippen LogP contribution in [-0.4, -0.2) is 33.9 Å². The molecule has 3 aromatic rings. The van der Waals surface area contributed by atoms with Crippen molar-refractivity contribution < 1.29 is 27.4 Å². The van der Waals surface area contributed by atoms with Crippen LogP contribution < -0.4 is 14.8 Å². The van der Waals surface area contributed by atoms with Crippen LogP contribution in [0.4, 0.5) is 18.3 Å². The predicted octanol–water partition coefficient (Wildman–Crippen LogP) is 3.44. The van der Waals surface area contributed by atoms with E-state index in [-0.39, 0.29) is 6.54 Å². The Morgan fingerprint density at radius 1 is 1.21 bits per heavy atom. The van der Waals surface area contributed by atoms with Gasteiger partial charge in [0.05, 0.1) is 5.69 Å². The first-order valence-corrected chi connectivity index (χ1v) is 9.02. The second kappa shape index (κ2) is 7.15. The van der Waals surface area contributed by atoms with Gasteiger partial charge in [0, 0.05) is 17.1 Å². The fourth-order valence-corrected chi connectivity index (χ4v) is 3.31.